The Hall–Kier alpha value is -2.52. The van der Waals surface area contributed by atoms with Crippen molar-refractivity contribution >= 4 is 5.82 Å². The zero-order valence-corrected chi connectivity index (χ0v) is 13.0. The Morgan fingerprint density at radius 1 is 1.17 bits per heavy atom. The van der Waals surface area contributed by atoms with E-state index in [1.54, 1.807) is 24.4 Å². The van der Waals surface area contributed by atoms with Crippen molar-refractivity contribution in [3.05, 3.63) is 59.3 Å². The number of hydrogen-bond acceptors (Lipinski definition) is 4. The Kier molecular flexibility index (Phi) is 3.66. The average Bonchev–Trinajstić information content (AvgIpc) is 3.17. The van der Waals surface area contributed by atoms with Gasteiger partial charge >= 0.3 is 0 Å². The molecule has 6 heteroatoms. The topological polar surface area (TPSA) is 43.2 Å². The Morgan fingerprint density at radius 2 is 2.04 bits per heavy atom. The molecule has 2 bridgehead atoms. The Morgan fingerprint density at radius 3 is 2.71 bits per heavy atom. The number of fused-ring (bicyclic) bond motifs is 2. The smallest absolute Gasteiger partial charge is 0.165 e. The van der Waals surface area contributed by atoms with E-state index < -0.39 is 0 Å². The maximum atomic E-state index is 14.1. The third-order valence-corrected chi connectivity index (χ3v) is 4.92. The molecule has 1 aromatic heterocycles. The third-order valence-electron chi connectivity index (χ3n) is 4.92. The molecule has 4 rings (SSSR count). The van der Waals surface area contributed by atoms with Gasteiger partial charge in [-0.1, -0.05) is 6.07 Å². The van der Waals surface area contributed by atoms with Crippen molar-refractivity contribution in [1.29, 1.82) is 5.26 Å². The summed E-state index contributed by atoms with van der Waals surface area (Å²) in [7, 11) is 0. The summed E-state index contributed by atoms with van der Waals surface area (Å²) in [6.45, 7) is 1.98. The fourth-order valence-corrected chi connectivity index (χ4v) is 3.76. The van der Waals surface area contributed by atoms with Gasteiger partial charge in [-0.05, 0) is 30.7 Å². The molecule has 0 aliphatic carbocycles. The summed E-state index contributed by atoms with van der Waals surface area (Å²) in [6.07, 6.45) is 2.54. The Labute approximate surface area is 138 Å². The van der Waals surface area contributed by atoms with Gasteiger partial charge < -0.3 is 4.90 Å². The number of hydrogen-bond donors (Lipinski definition) is 0. The van der Waals surface area contributed by atoms with E-state index in [1.807, 2.05) is 11.0 Å². The molecule has 2 aromatic rings. The van der Waals surface area contributed by atoms with Crippen LogP contribution in [0, 0.1) is 23.0 Å². The number of likely N-dealkylation sites (tertiary alicyclic amines) is 1. The number of halogens is 2. The molecule has 2 unspecified atom stereocenters. The lowest BCUT2D eigenvalue weighted by Crippen LogP contribution is -2.46. The van der Waals surface area contributed by atoms with Gasteiger partial charge in [-0.15, -0.1) is 0 Å². The predicted molar refractivity (Wildman–Crippen MR) is 85.3 cm³/mol. The van der Waals surface area contributed by atoms with Gasteiger partial charge in [0.1, 0.15) is 5.82 Å². The van der Waals surface area contributed by atoms with Crippen LogP contribution in [0.3, 0.4) is 0 Å². The van der Waals surface area contributed by atoms with Crippen molar-refractivity contribution in [2.75, 3.05) is 18.0 Å². The summed E-state index contributed by atoms with van der Waals surface area (Å²) in [4.78, 5) is 8.41. The van der Waals surface area contributed by atoms with Gasteiger partial charge in [0.25, 0.3) is 0 Å². The minimum Gasteiger partial charge on any atom is -0.348 e. The lowest BCUT2D eigenvalue weighted by atomic mass is 10.1. The number of piperazine rings is 1. The molecule has 2 aliphatic heterocycles. The molecule has 1 aromatic carbocycles. The first-order valence-corrected chi connectivity index (χ1v) is 7.95. The number of anilines is 1. The second kappa shape index (κ2) is 5.84. The number of aromatic nitrogens is 1. The minimum absolute atomic E-state index is 0.209. The van der Waals surface area contributed by atoms with Crippen molar-refractivity contribution in [3.8, 4) is 6.07 Å². The predicted octanol–water partition coefficient (Wildman–Crippen LogP) is 2.69. The summed E-state index contributed by atoms with van der Waals surface area (Å²) < 4.78 is 28.0. The summed E-state index contributed by atoms with van der Waals surface area (Å²) in [5.74, 6) is -0.228. The van der Waals surface area contributed by atoms with Crippen LogP contribution in [0.25, 0.3) is 0 Å². The zero-order chi connectivity index (χ0) is 16.7. The average molecular weight is 326 g/mol. The minimum atomic E-state index is -0.343. The Balaban J connectivity index is 1.47. The molecule has 2 atom stereocenters. The molecule has 0 saturated carbocycles. The molecule has 0 amide bonds. The van der Waals surface area contributed by atoms with Gasteiger partial charge in [-0.25, -0.2) is 13.8 Å². The highest BCUT2D eigenvalue weighted by molar-refractivity contribution is 5.44. The van der Waals surface area contributed by atoms with E-state index in [0.717, 1.165) is 13.0 Å². The highest BCUT2D eigenvalue weighted by atomic mass is 19.1. The molecular weight excluding hydrogens is 310 g/mol. The van der Waals surface area contributed by atoms with E-state index in [0.29, 0.717) is 30.0 Å². The fraction of sp³-hybridized carbons (Fsp3) is 0.333. The molecule has 2 fully saturated rings. The number of rotatable bonds is 3. The second-order valence-corrected chi connectivity index (χ2v) is 6.35. The van der Waals surface area contributed by atoms with Crippen LogP contribution in [0.1, 0.15) is 17.5 Å². The van der Waals surface area contributed by atoms with Crippen LogP contribution in [0.4, 0.5) is 14.6 Å². The fourth-order valence-electron chi connectivity index (χ4n) is 3.76. The Bertz CT molecular complexity index is 817. The normalized spacial score (nSPS) is 22.8. The highest BCUT2D eigenvalue weighted by Crippen LogP contribution is 2.35. The number of benzene rings is 1. The monoisotopic (exact) mass is 326 g/mol. The summed E-state index contributed by atoms with van der Waals surface area (Å²) in [6, 6.07) is 10.0. The molecule has 0 radical (unpaired) electrons. The van der Waals surface area contributed by atoms with Gasteiger partial charge in [0.05, 0.1) is 11.6 Å². The third kappa shape index (κ3) is 2.51. The quantitative estimate of drug-likeness (QED) is 0.870. The standard InChI is InChI=1S/C18H16F2N4/c19-16-2-1-5-22-18(16)24-11-14-7-15(24)10-23(14)9-13-4-3-12(8-21)6-17(13)20/h1-6,14-15H,7,9-11H2. The van der Waals surface area contributed by atoms with Crippen LogP contribution < -0.4 is 4.90 Å². The molecule has 2 saturated heterocycles. The van der Waals surface area contributed by atoms with E-state index in [4.69, 9.17) is 5.26 Å². The van der Waals surface area contributed by atoms with E-state index >= 15 is 0 Å². The molecule has 122 valence electrons. The number of nitrogens with zero attached hydrogens (tertiary/aromatic N) is 4. The van der Waals surface area contributed by atoms with Crippen molar-refractivity contribution in [3.63, 3.8) is 0 Å². The van der Waals surface area contributed by atoms with Gasteiger partial charge in [-0.3, -0.25) is 4.90 Å². The number of pyridine rings is 1. The number of nitriles is 1. The van der Waals surface area contributed by atoms with E-state index in [2.05, 4.69) is 9.88 Å². The molecule has 3 heterocycles. The maximum Gasteiger partial charge on any atom is 0.165 e. The van der Waals surface area contributed by atoms with Crippen molar-refractivity contribution < 1.29 is 8.78 Å². The maximum absolute atomic E-state index is 14.1. The summed E-state index contributed by atoms with van der Waals surface area (Å²) >= 11 is 0. The first-order chi connectivity index (χ1) is 11.7. The van der Waals surface area contributed by atoms with Crippen LogP contribution in [0.15, 0.2) is 36.5 Å². The summed E-state index contributed by atoms with van der Waals surface area (Å²) in [5, 5.41) is 8.81. The van der Waals surface area contributed by atoms with Crippen LogP contribution in [-0.2, 0) is 6.54 Å². The van der Waals surface area contributed by atoms with Crippen molar-refractivity contribution in [2.45, 2.75) is 25.0 Å². The molecule has 0 N–H and O–H groups in total. The van der Waals surface area contributed by atoms with Gasteiger partial charge in [0.15, 0.2) is 11.6 Å². The highest BCUT2D eigenvalue weighted by Gasteiger charge is 2.44. The molecule has 24 heavy (non-hydrogen) atoms. The first kappa shape index (κ1) is 15.0. The SMILES string of the molecule is N#Cc1ccc(CN2CC3CC2CN3c2ncccc2F)c(F)c1. The van der Waals surface area contributed by atoms with Gasteiger partial charge in [-0.2, -0.15) is 5.26 Å². The lowest BCUT2D eigenvalue weighted by Gasteiger charge is -2.35. The van der Waals surface area contributed by atoms with E-state index in [9.17, 15) is 8.78 Å². The second-order valence-electron chi connectivity index (χ2n) is 6.35. The molecular formula is C18H16F2N4. The largest absolute Gasteiger partial charge is 0.348 e. The lowest BCUT2D eigenvalue weighted by molar-refractivity contribution is 0.226. The van der Waals surface area contributed by atoms with Gasteiger partial charge in [0, 0.05) is 43.5 Å². The first-order valence-electron chi connectivity index (χ1n) is 7.95. The van der Waals surface area contributed by atoms with Crippen LogP contribution in [-0.4, -0.2) is 35.1 Å². The summed E-state index contributed by atoms with van der Waals surface area (Å²) in [5.41, 5.74) is 0.924. The molecule has 2 aliphatic rings. The molecule has 4 nitrogen and oxygen atoms in total. The van der Waals surface area contributed by atoms with Crippen molar-refractivity contribution in [2.24, 2.45) is 0 Å². The van der Waals surface area contributed by atoms with Crippen LogP contribution in [0.5, 0.6) is 0 Å². The van der Waals surface area contributed by atoms with E-state index in [-0.39, 0.29) is 23.7 Å². The van der Waals surface area contributed by atoms with Crippen molar-refractivity contribution in [1.82, 2.24) is 9.88 Å². The molecule has 0 spiro atoms. The van der Waals surface area contributed by atoms with Crippen LogP contribution in [0.2, 0.25) is 0 Å². The van der Waals surface area contributed by atoms with Gasteiger partial charge in [0.2, 0.25) is 0 Å². The van der Waals surface area contributed by atoms with E-state index in [1.165, 1.54) is 12.1 Å². The van der Waals surface area contributed by atoms with Crippen LogP contribution >= 0.6 is 0 Å². The zero-order valence-electron chi connectivity index (χ0n) is 13.0.